The van der Waals surface area contributed by atoms with Crippen molar-refractivity contribution in [2.75, 3.05) is 11.1 Å². The van der Waals surface area contributed by atoms with Crippen molar-refractivity contribution in [3.8, 4) is 5.82 Å². The summed E-state index contributed by atoms with van der Waals surface area (Å²) in [5.74, 6) is 1.18. The Labute approximate surface area is 110 Å². The predicted octanol–water partition coefficient (Wildman–Crippen LogP) is 1.99. The summed E-state index contributed by atoms with van der Waals surface area (Å²) in [5, 5.41) is 3.16. The first-order chi connectivity index (χ1) is 9.34. The number of aromatic nitrogens is 4. The van der Waals surface area contributed by atoms with Crippen LogP contribution in [0.5, 0.6) is 0 Å². The predicted molar refractivity (Wildman–Crippen MR) is 73.3 cm³/mol. The van der Waals surface area contributed by atoms with E-state index in [1.165, 1.54) is 6.33 Å². The number of para-hydroxylation sites is 1. The Morgan fingerprint density at radius 3 is 2.68 bits per heavy atom. The van der Waals surface area contributed by atoms with Gasteiger partial charge in [0, 0.05) is 18.1 Å². The molecule has 0 aliphatic rings. The second-order valence-electron chi connectivity index (χ2n) is 3.92. The number of nitrogen functional groups attached to an aromatic ring is 1. The molecule has 6 nitrogen and oxygen atoms in total. The van der Waals surface area contributed by atoms with Gasteiger partial charge in [-0.05, 0) is 12.1 Å². The number of hydrogen-bond donors (Lipinski definition) is 2. The van der Waals surface area contributed by atoms with E-state index >= 15 is 0 Å². The van der Waals surface area contributed by atoms with Crippen LogP contribution < -0.4 is 11.1 Å². The minimum atomic E-state index is 0.476. The van der Waals surface area contributed by atoms with Crippen molar-refractivity contribution in [1.82, 2.24) is 19.5 Å². The maximum Gasteiger partial charge on any atom is 0.166 e. The zero-order valence-electron chi connectivity index (χ0n) is 10.1. The number of hydrogen-bond acceptors (Lipinski definition) is 5. The number of imidazole rings is 1. The van der Waals surface area contributed by atoms with Crippen molar-refractivity contribution >= 4 is 17.2 Å². The Morgan fingerprint density at radius 2 is 1.95 bits per heavy atom. The average molecular weight is 252 g/mol. The topological polar surface area (TPSA) is 81.6 Å². The summed E-state index contributed by atoms with van der Waals surface area (Å²) in [6.45, 7) is 0. The molecule has 3 rings (SSSR count). The molecule has 0 unspecified atom stereocenters. The van der Waals surface area contributed by atoms with Crippen LogP contribution in [0.4, 0.5) is 17.2 Å². The van der Waals surface area contributed by atoms with Crippen molar-refractivity contribution in [3.05, 3.63) is 55.4 Å². The molecule has 0 aliphatic carbocycles. The average Bonchev–Trinajstić information content (AvgIpc) is 2.96. The molecule has 3 N–H and O–H groups in total. The maximum absolute atomic E-state index is 6.09. The molecule has 0 saturated carbocycles. The molecule has 94 valence electrons. The first-order valence-corrected chi connectivity index (χ1v) is 5.75. The van der Waals surface area contributed by atoms with Crippen LogP contribution in [-0.2, 0) is 0 Å². The van der Waals surface area contributed by atoms with Crippen molar-refractivity contribution in [2.45, 2.75) is 0 Å². The lowest BCUT2D eigenvalue weighted by Gasteiger charge is -2.11. The summed E-state index contributed by atoms with van der Waals surface area (Å²) >= 11 is 0. The maximum atomic E-state index is 6.09. The van der Waals surface area contributed by atoms with Gasteiger partial charge < -0.3 is 11.1 Å². The lowest BCUT2D eigenvalue weighted by Crippen LogP contribution is -2.06. The van der Waals surface area contributed by atoms with E-state index < -0.39 is 0 Å². The molecule has 0 amide bonds. The first-order valence-electron chi connectivity index (χ1n) is 5.75. The summed E-state index contributed by atoms with van der Waals surface area (Å²) in [6.07, 6.45) is 6.57. The number of nitrogens with zero attached hydrogens (tertiary/aromatic N) is 4. The van der Waals surface area contributed by atoms with Gasteiger partial charge in [0.25, 0.3) is 0 Å². The standard InChI is InChI=1S/C13H12N6/c14-11-12(18-10-4-2-1-3-5-10)16-8-17-13(11)19-7-6-15-9-19/h1-9H,14H2,(H,16,17,18). The van der Waals surface area contributed by atoms with E-state index in [0.717, 1.165) is 5.69 Å². The van der Waals surface area contributed by atoms with Gasteiger partial charge in [0.05, 0.1) is 0 Å². The Bertz CT molecular complexity index is 663. The third kappa shape index (κ3) is 2.23. The van der Waals surface area contributed by atoms with E-state index in [4.69, 9.17) is 5.73 Å². The van der Waals surface area contributed by atoms with Crippen molar-refractivity contribution in [2.24, 2.45) is 0 Å². The summed E-state index contributed by atoms with van der Waals surface area (Å²) < 4.78 is 1.74. The van der Waals surface area contributed by atoms with Crippen molar-refractivity contribution in [1.29, 1.82) is 0 Å². The van der Waals surface area contributed by atoms with Crippen LogP contribution in [0.25, 0.3) is 5.82 Å². The lowest BCUT2D eigenvalue weighted by molar-refractivity contribution is 0.977. The highest BCUT2D eigenvalue weighted by atomic mass is 15.1. The zero-order chi connectivity index (χ0) is 13.1. The van der Waals surface area contributed by atoms with E-state index in [1.54, 1.807) is 23.3 Å². The molecular formula is C13H12N6. The summed E-state index contributed by atoms with van der Waals surface area (Å²) in [7, 11) is 0. The number of benzene rings is 1. The van der Waals surface area contributed by atoms with Gasteiger partial charge in [-0.3, -0.25) is 4.57 Å². The number of nitrogens with two attached hydrogens (primary N) is 1. The molecule has 6 heteroatoms. The van der Waals surface area contributed by atoms with Gasteiger partial charge >= 0.3 is 0 Å². The molecule has 0 saturated heterocycles. The molecule has 2 heterocycles. The molecule has 1 aromatic carbocycles. The number of nitrogens with one attached hydrogen (secondary N) is 1. The van der Waals surface area contributed by atoms with Crippen LogP contribution >= 0.6 is 0 Å². The minimum absolute atomic E-state index is 0.476. The summed E-state index contributed by atoms with van der Waals surface area (Å²) in [4.78, 5) is 12.3. The smallest absolute Gasteiger partial charge is 0.166 e. The van der Waals surface area contributed by atoms with Crippen molar-refractivity contribution < 1.29 is 0 Å². The lowest BCUT2D eigenvalue weighted by atomic mass is 10.3. The van der Waals surface area contributed by atoms with E-state index in [-0.39, 0.29) is 0 Å². The van der Waals surface area contributed by atoms with Gasteiger partial charge in [-0.25, -0.2) is 15.0 Å². The highest BCUT2D eigenvalue weighted by molar-refractivity contribution is 5.73. The van der Waals surface area contributed by atoms with Gasteiger partial charge in [0.15, 0.2) is 11.6 Å². The highest BCUT2D eigenvalue weighted by Crippen LogP contribution is 2.24. The van der Waals surface area contributed by atoms with Crippen LogP contribution in [0.3, 0.4) is 0 Å². The van der Waals surface area contributed by atoms with Gasteiger partial charge in [-0.15, -0.1) is 0 Å². The van der Waals surface area contributed by atoms with Crippen LogP contribution in [0.1, 0.15) is 0 Å². The van der Waals surface area contributed by atoms with Gasteiger partial charge in [0.1, 0.15) is 18.3 Å². The molecular weight excluding hydrogens is 240 g/mol. The Morgan fingerprint density at radius 1 is 1.11 bits per heavy atom. The molecule has 3 aromatic rings. The fourth-order valence-corrected chi connectivity index (χ4v) is 1.73. The monoisotopic (exact) mass is 252 g/mol. The summed E-state index contributed by atoms with van der Waals surface area (Å²) in [6, 6.07) is 9.72. The second-order valence-corrected chi connectivity index (χ2v) is 3.92. The first kappa shape index (κ1) is 11.2. The normalized spacial score (nSPS) is 10.3. The van der Waals surface area contributed by atoms with Crippen LogP contribution in [-0.4, -0.2) is 19.5 Å². The molecule has 0 radical (unpaired) electrons. The van der Waals surface area contributed by atoms with Crippen LogP contribution in [0.2, 0.25) is 0 Å². The molecule has 0 fully saturated rings. The molecule has 0 bridgehead atoms. The van der Waals surface area contributed by atoms with Gasteiger partial charge in [-0.2, -0.15) is 0 Å². The third-order valence-electron chi connectivity index (χ3n) is 2.65. The highest BCUT2D eigenvalue weighted by Gasteiger charge is 2.09. The molecule has 0 atom stereocenters. The Balaban J connectivity index is 1.97. The van der Waals surface area contributed by atoms with Crippen molar-refractivity contribution in [3.63, 3.8) is 0 Å². The molecule has 0 aliphatic heterocycles. The van der Waals surface area contributed by atoms with Gasteiger partial charge in [0.2, 0.25) is 0 Å². The zero-order valence-corrected chi connectivity index (χ0v) is 10.1. The molecule has 0 spiro atoms. The van der Waals surface area contributed by atoms with E-state index in [2.05, 4.69) is 20.3 Å². The minimum Gasteiger partial charge on any atom is -0.393 e. The van der Waals surface area contributed by atoms with E-state index in [0.29, 0.717) is 17.3 Å². The number of rotatable bonds is 3. The quantitative estimate of drug-likeness (QED) is 0.745. The molecule has 19 heavy (non-hydrogen) atoms. The molecule has 2 aromatic heterocycles. The summed E-state index contributed by atoms with van der Waals surface area (Å²) in [5.41, 5.74) is 7.48. The Hall–Kier alpha value is -2.89. The SMILES string of the molecule is Nc1c(Nc2ccccc2)ncnc1-n1ccnc1. The fourth-order valence-electron chi connectivity index (χ4n) is 1.73. The van der Waals surface area contributed by atoms with Crippen LogP contribution in [0, 0.1) is 0 Å². The largest absolute Gasteiger partial charge is 0.393 e. The van der Waals surface area contributed by atoms with Crippen LogP contribution in [0.15, 0.2) is 55.4 Å². The number of anilines is 3. The van der Waals surface area contributed by atoms with Gasteiger partial charge in [-0.1, -0.05) is 18.2 Å². The Kier molecular flexibility index (Phi) is 2.82. The van der Waals surface area contributed by atoms with E-state index in [1.807, 2.05) is 30.3 Å². The van der Waals surface area contributed by atoms with E-state index in [9.17, 15) is 0 Å². The third-order valence-corrected chi connectivity index (χ3v) is 2.65. The fraction of sp³-hybridized carbons (Fsp3) is 0. The second kappa shape index (κ2) is 4.77.